The van der Waals surface area contributed by atoms with E-state index in [9.17, 15) is 27.2 Å². The summed E-state index contributed by atoms with van der Waals surface area (Å²) in [7, 11) is 0. The third-order valence-corrected chi connectivity index (χ3v) is 6.86. The van der Waals surface area contributed by atoms with E-state index < -0.39 is 17.6 Å². The maximum Gasteiger partial charge on any atom is 0.419 e. The van der Waals surface area contributed by atoms with Gasteiger partial charge < -0.3 is 20.4 Å². The molecule has 2 aliphatic heterocycles. The minimum absolute atomic E-state index is 0.0283. The number of likely N-dealkylation sites (tertiary alicyclic amines) is 1. The van der Waals surface area contributed by atoms with Crippen LogP contribution in [0.5, 0.6) is 0 Å². The largest absolute Gasteiger partial charge is 0.419 e. The lowest BCUT2D eigenvalue weighted by Gasteiger charge is -2.32. The Morgan fingerprint density at radius 3 is 2.51 bits per heavy atom. The molecule has 2 heterocycles. The number of nitrogens with zero attached hydrogens (tertiary/aromatic N) is 2. The highest BCUT2D eigenvalue weighted by molar-refractivity contribution is 5.82. The van der Waals surface area contributed by atoms with E-state index in [4.69, 9.17) is 0 Å². The van der Waals surface area contributed by atoms with Gasteiger partial charge in [0.2, 0.25) is 5.91 Å². The van der Waals surface area contributed by atoms with Crippen LogP contribution in [0.2, 0.25) is 0 Å². The lowest BCUT2D eigenvalue weighted by Crippen LogP contribution is -2.43. The van der Waals surface area contributed by atoms with E-state index in [0.29, 0.717) is 44.7 Å². The van der Waals surface area contributed by atoms with Crippen LogP contribution in [0, 0.1) is 11.7 Å². The Labute approximate surface area is 200 Å². The van der Waals surface area contributed by atoms with Gasteiger partial charge in [-0.15, -0.1) is 0 Å². The van der Waals surface area contributed by atoms with Crippen LogP contribution in [0.1, 0.15) is 36.0 Å². The molecule has 35 heavy (non-hydrogen) atoms. The van der Waals surface area contributed by atoms with Crippen LogP contribution in [0.3, 0.4) is 0 Å². The summed E-state index contributed by atoms with van der Waals surface area (Å²) in [5.74, 6) is -1.53. The van der Waals surface area contributed by atoms with Crippen molar-refractivity contribution in [3.05, 3.63) is 58.9 Å². The second kappa shape index (κ2) is 9.05. The van der Waals surface area contributed by atoms with Crippen LogP contribution in [0.4, 0.5) is 33.7 Å². The van der Waals surface area contributed by atoms with Crippen LogP contribution >= 0.6 is 0 Å². The zero-order chi connectivity index (χ0) is 24.7. The Hall–Kier alpha value is -3.30. The number of carbonyl (C=O) groups is 2. The van der Waals surface area contributed by atoms with Gasteiger partial charge in [0, 0.05) is 43.6 Å². The molecule has 1 saturated carbocycles. The number of amides is 3. The van der Waals surface area contributed by atoms with Gasteiger partial charge in [0.05, 0.1) is 11.5 Å². The summed E-state index contributed by atoms with van der Waals surface area (Å²) >= 11 is 0. The van der Waals surface area contributed by atoms with Crippen molar-refractivity contribution < 1.29 is 27.2 Å². The van der Waals surface area contributed by atoms with Crippen molar-refractivity contribution in [1.82, 2.24) is 15.1 Å². The zero-order valence-corrected chi connectivity index (χ0v) is 19.0. The fourth-order valence-electron chi connectivity index (χ4n) is 4.79. The van der Waals surface area contributed by atoms with Gasteiger partial charge in [-0.3, -0.25) is 4.79 Å². The average molecular weight is 491 g/mol. The predicted octanol–water partition coefficient (Wildman–Crippen LogP) is 4.67. The Morgan fingerprint density at radius 1 is 1.00 bits per heavy atom. The minimum Gasteiger partial charge on any atom is -0.355 e. The van der Waals surface area contributed by atoms with E-state index in [0.717, 1.165) is 36.1 Å². The molecule has 0 aromatic heterocycles. The number of alkyl halides is 3. The summed E-state index contributed by atoms with van der Waals surface area (Å²) < 4.78 is 52.5. The molecule has 2 fully saturated rings. The number of halogens is 4. The molecule has 1 saturated heterocycles. The average Bonchev–Trinajstić information content (AvgIpc) is 3.48. The highest BCUT2D eigenvalue weighted by Crippen LogP contribution is 2.34. The maximum atomic E-state index is 14.0. The van der Waals surface area contributed by atoms with Crippen molar-refractivity contribution in [2.75, 3.05) is 25.0 Å². The summed E-state index contributed by atoms with van der Waals surface area (Å²) in [5, 5.41) is 5.99. The number of anilines is 2. The molecule has 2 aromatic carbocycles. The van der Waals surface area contributed by atoms with E-state index in [1.165, 1.54) is 6.07 Å². The number of hydrogen-bond donors (Lipinski definition) is 2. The van der Waals surface area contributed by atoms with Crippen molar-refractivity contribution in [2.45, 2.75) is 44.4 Å². The number of hydrogen-bond acceptors (Lipinski definition) is 3. The molecule has 3 aliphatic rings. The number of nitrogens with one attached hydrogen (secondary N) is 2. The second-order valence-corrected chi connectivity index (χ2v) is 9.43. The highest BCUT2D eigenvalue weighted by Gasteiger charge is 2.36. The lowest BCUT2D eigenvalue weighted by molar-refractivity contribution is -0.140. The first kappa shape index (κ1) is 23.4. The van der Waals surface area contributed by atoms with Crippen molar-refractivity contribution in [2.24, 2.45) is 5.92 Å². The summed E-state index contributed by atoms with van der Waals surface area (Å²) in [6.45, 7) is 1.89. The van der Waals surface area contributed by atoms with Crippen molar-refractivity contribution in [3.63, 3.8) is 0 Å². The zero-order valence-electron chi connectivity index (χ0n) is 19.0. The van der Waals surface area contributed by atoms with Gasteiger partial charge in [0.1, 0.15) is 5.82 Å². The van der Waals surface area contributed by atoms with Gasteiger partial charge in [0.25, 0.3) is 0 Å². The lowest BCUT2D eigenvalue weighted by atomic mass is 9.96. The molecule has 0 radical (unpaired) electrons. The molecule has 10 heteroatoms. The molecule has 2 N–H and O–H groups in total. The number of carbonyl (C=O) groups excluding carboxylic acids is 2. The SMILES string of the molecule is O=C(NC1CC1)N1CCC(C(=O)N2CCc3c(cccc3Nc3ccc(C(F)(F)F)c(F)c3)C2)C1. The smallest absolute Gasteiger partial charge is 0.355 e. The van der Waals surface area contributed by atoms with E-state index in [-0.39, 0.29) is 29.6 Å². The molecule has 2 aromatic rings. The summed E-state index contributed by atoms with van der Waals surface area (Å²) in [6.07, 6.45) is -1.52. The van der Waals surface area contributed by atoms with Crippen LogP contribution in [0.15, 0.2) is 36.4 Å². The minimum atomic E-state index is -4.75. The topological polar surface area (TPSA) is 64.7 Å². The van der Waals surface area contributed by atoms with Crippen LogP contribution in [0.25, 0.3) is 0 Å². The van der Waals surface area contributed by atoms with E-state index >= 15 is 0 Å². The van der Waals surface area contributed by atoms with E-state index in [1.54, 1.807) is 21.9 Å². The van der Waals surface area contributed by atoms with Crippen LogP contribution in [-0.4, -0.2) is 47.4 Å². The number of fused-ring (bicyclic) bond motifs is 1. The summed E-state index contributed by atoms with van der Waals surface area (Å²) in [5.41, 5.74) is 1.48. The summed E-state index contributed by atoms with van der Waals surface area (Å²) in [4.78, 5) is 29.0. The molecule has 0 bridgehead atoms. The third-order valence-electron chi connectivity index (χ3n) is 6.86. The molecule has 186 valence electrons. The van der Waals surface area contributed by atoms with Gasteiger partial charge in [-0.25, -0.2) is 9.18 Å². The van der Waals surface area contributed by atoms with Gasteiger partial charge in [-0.1, -0.05) is 12.1 Å². The molecule has 3 amide bonds. The number of urea groups is 1. The first-order chi connectivity index (χ1) is 16.7. The fourth-order valence-corrected chi connectivity index (χ4v) is 4.79. The standard InChI is InChI=1S/C25H26F4N4O2/c26-21-12-18(6-7-20(21)25(27,28)29)30-22-3-1-2-15-13-32(11-9-19(15)22)23(34)16-8-10-33(14-16)24(35)31-17-4-5-17/h1-3,6-7,12,16-17,30H,4-5,8-11,13-14H2,(H,31,35). The molecule has 1 unspecified atom stereocenters. The quantitative estimate of drug-likeness (QED) is 0.613. The molecule has 0 spiro atoms. The number of rotatable bonds is 4. The highest BCUT2D eigenvalue weighted by atomic mass is 19.4. The Morgan fingerprint density at radius 2 is 1.80 bits per heavy atom. The maximum absolute atomic E-state index is 14.0. The molecular weight excluding hydrogens is 464 g/mol. The Balaban J connectivity index is 1.24. The molecule has 6 nitrogen and oxygen atoms in total. The van der Waals surface area contributed by atoms with Crippen molar-refractivity contribution >= 4 is 23.3 Å². The molecule has 1 aliphatic carbocycles. The number of benzene rings is 2. The molecular formula is C25H26F4N4O2. The van der Waals surface area contributed by atoms with E-state index in [2.05, 4.69) is 10.6 Å². The normalized spacial score (nSPS) is 19.9. The van der Waals surface area contributed by atoms with Gasteiger partial charge in [0.15, 0.2) is 0 Å². The van der Waals surface area contributed by atoms with Gasteiger partial charge >= 0.3 is 12.2 Å². The first-order valence-electron chi connectivity index (χ1n) is 11.8. The third kappa shape index (κ3) is 5.06. The molecule has 5 rings (SSSR count). The first-order valence-corrected chi connectivity index (χ1v) is 11.8. The van der Waals surface area contributed by atoms with E-state index in [1.807, 2.05) is 6.07 Å². The van der Waals surface area contributed by atoms with Crippen LogP contribution < -0.4 is 10.6 Å². The second-order valence-electron chi connectivity index (χ2n) is 9.43. The molecule has 1 atom stereocenters. The van der Waals surface area contributed by atoms with Crippen molar-refractivity contribution in [1.29, 1.82) is 0 Å². The van der Waals surface area contributed by atoms with Crippen LogP contribution in [-0.2, 0) is 23.9 Å². The van der Waals surface area contributed by atoms with Gasteiger partial charge in [-0.2, -0.15) is 13.2 Å². The fraction of sp³-hybridized carbons (Fsp3) is 0.440. The van der Waals surface area contributed by atoms with Gasteiger partial charge in [-0.05, 0) is 61.1 Å². The Kier molecular flexibility index (Phi) is 6.06. The predicted molar refractivity (Wildman–Crippen MR) is 121 cm³/mol. The van der Waals surface area contributed by atoms with Crippen molar-refractivity contribution in [3.8, 4) is 0 Å². The monoisotopic (exact) mass is 490 g/mol. The summed E-state index contributed by atoms with van der Waals surface area (Å²) in [6, 6.07) is 8.45. The Bertz CT molecular complexity index is 1150.